The summed E-state index contributed by atoms with van der Waals surface area (Å²) in [6, 6.07) is 1.67. The lowest BCUT2D eigenvalue weighted by Crippen LogP contribution is -2.34. The van der Waals surface area contributed by atoms with Crippen LogP contribution in [0.3, 0.4) is 0 Å². The van der Waals surface area contributed by atoms with Crippen molar-refractivity contribution in [1.82, 2.24) is 9.62 Å². The van der Waals surface area contributed by atoms with Gasteiger partial charge < -0.3 is 9.73 Å². The molecule has 0 aliphatic carbocycles. The topological polar surface area (TPSA) is 62.6 Å². The van der Waals surface area contributed by atoms with Gasteiger partial charge in [-0.1, -0.05) is 26.2 Å². The number of nitrogens with one attached hydrogen (secondary N) is 1. The van der Waals surface area contributed by atoms with Crippen LogP contribution in [0, 0.1) is 6.92 Å². The number of nitrogens with zero attached hydrogens (tertiary/aromatic N) is 1. The molecule has 2 rings (SSSR count). The Hall–Kier alpha value is -0.850. The van der Waals surface area contributed by atoms with Crippen LogP contribution in [0.25, 0.3) is 0 Å². The minimum Gasteiger partial charge on any atom is -0.464 e. The van der Waals surface area contributed by atoms with Gasteiger partial charge in [-0.3, -0.25) is 0 Å². The molecule has 1 aliphatic rings. The lowest BCUT2D eigenvalue weighted by molar-refractivity contribution is 0.363. The molecule has 1 fully saturated rings. The predicted molar refractivity (Wildman–Crippen MR) is 82.7 cm³/mol. The van der Waals surface area contributed by atoms with Crippen molar-refractivity contribution in [3.8, 4) is 0 Å². The summed E-state index contributed by atoms with van der Waals surface area (Å²) < 4.78 is 32.8. The second-order valence-electron chi connectivity index (χ2n) is 5.59. The van der Waals surface area contributed by atoms with E-state index in [9.17, 15) is 8.42 Å². The molecule has 2 heterocycles. The summed E-state index contributed by atoms with van der Waals surface area (Å²) >= 11 is 0. The van der Waals surface area contributed by atoms with Crippen LogP contribution in [0.2, 0.25) is 0 Å². The van der Waals surface area contributed by atoms with Gasteiger partial charge in [-0.25, -0.2) is 8.42 Å². The van der Waals surface area contributed by atoms with Gasteiger partial charge in [-0.2, -0.15) is 4.31 Å². The zero-order valence-electron chi connectivity index (χ0n) is 13.0. The fraction of sp³-hybridized carbons (Fsp3) is 0.733. The maximum absolute atomic E-state index is 12.8. The summed E-state index contributed by atoms with van der Waals surface area (Å²) in [4.78, 5) is 0.330. The predicted octanol–water partition coefficient (Wildman–Crippen LogP) is 2.65. The molecule has 0 radical (unpaired) electrons. The van der Waals surface area contributed by atoms with Crippen LogP contribution in [-0.2, 0) is 16.6 Å². The molecule has 0 saturated carbocycles. The largest absolute Gasteiger partial charge is 0.464 e. The third-order valence-corrected chi connectivity index (χ3v) is 5.91. The first-order valence-electron chi connectivity index (χ1n) is 7.86. The van der Waals surface area contributed by atoms with Crippen molar-refractivity contribution >= 4 is 10.0 Å². The van der Waals surface area contributed by atoms with E-state index in [4.69, 9.17) is 4.42 Å². The average Bonchev–Trinajstić information content (AvgIpc) is 2.77. The summed E-state index contributed by atoms with van der Waals surface area (Å²) in [5.41, 5.74) is 0. The quantitative estimate of drug-likeness (QED) is 0.907. The van der Waals surface area contributed by atoms with Gasteiger partial charge in [0.25, 0.3) is 0 Å². The summed E-state index contributed by atoms with van der Waals surface area (Å²) in [6.45, 7) is 6.37. The van der Waals surface area contributed by atoms with Crippen molar-refractivity contribution < 1.29 is 12.8 Å². The zero-order valence-corrected chi connectivity index (χ0v) is 13.8. The number of hydrogen-bond donors (Lipinski definition) is 1. The van der Waals surface area contributed by atoms with E-state index >= 15 is 0 Å². The van der Waals surface area contributed by atoms with E-state index in [2.05, 4.69) is 5.32 Å². The SMILES string of the molecule is CCNCc1cc(S(=O)(=O)N2CCCCCCC2)c(C)o1. The molecule has 120 valence electrons. The summed E-state index contributed by atoms with van der Waals surface area (Å²) in [5.74, 6) is 1.17. The highest BCUT2D eigenvalue weighted by Gasteiger charge is 2.28. The number of hydrogen-bond acceptors (Lipinski definition) is 4. The molecule has 0 unspecified atom stereocenters. The van der Waals surface area contributed by atoms with Crippen molar-refractivity contribution in [2.24, 2.45) is 0 Å². The molecule has 1 aromatic rings. The van der Waals surface area contributed by atoms with Crippen LogP contribution in [0.1, 0.15) is 50.5 Å². The second-order valence-corrected chi connectivity index (χ2v) is 7.49. The van der Waals surface area contributed by atoms with Crippen LogP contribution in [0.5, 0.6) is 0 Å². The molecular formula is C15H26N2O3S. The third-order valence-electron chi connectivity index (χ3n) is 3.91. The Morgan fingerprint density at radius 3 is 2.43 bits per heavy atom. The molecule has 0 aromatic carbocycles. The average molecular weight is 314 g/mol. The Bertz CT molecular complexity index is 543. The van der Waals surface area contributed by atoms with Gasteiger partial charge in [-0.05, 0) is 26.3 Å². The Balaban J connectivity index is 2.19. The number of sulfonamides is 1. The van der Waals surface area contributed by atoms with Crippen LogP contribution in [-0.4, -0.2) is 32.4 Å². The van der Waals surface area contributed by atoms with Gasteiger partial charge in [-0.15, -0.1) is 0 Å². The molecule has 1 N–H and O–H groups in total. The molecule has 5 nitrogen and oxygen atoms in total. The summed E-state index contributed by atoms with van der Waals surface area (Å²) in [7, 11) is -3.42. The Morgan fingerprint density at radius 2 is 1.81 bits per heavy atom. The highest BCUT2D eigenvalue weighted by molar-refractivity contribution is 7.89. The Morgan fingerprint density at radius 1 is 1.19 bits per heavy atom. The molecule has 6 heteroatoms. The molecule has 0 bridgehead atoms. The van der Waals surface area contributed by atoms with Crippen molar-refractivity contribution in [3.63, 3.8) is 0 Å². The van der Waals surface area contributed by atoms with E-state index < -0.39 is 10.0 Å². The van der Waals surface area contributed by atoms with E-state index in [0.29, 0.717) is 36.1 Å². The molecule has 21 heavy (non-hydrogen) atoms. The lowest BCUT2D eigenvalue weighted by atomic mass is 10.1. The highest BCUT2D eigenvalue weighted by Crippen LogP contribution is 2.25. The molecule has 0 spiro atoms. The van der Waals surface area contributed by atoms with Crippen molar-refractivity contribution in [3.05, 3.63) is 17.6 Å². The Labute approximate surface area is 127 Å². The van der Waals surface area contributed by atoms with Crippen molar-refractivity contribution in [2.75, 3.05) is 19.6 Å². The summed E-state index contributed by atoms with van der Waals surface area (Å²) in [5, 5.41) is 3.15. The van der Waals surface area contributed by atoms with Crippen molar-refractivity contribution in [1.29, 1.82) is 0 Å². The van der Waals surface area contributed by atoms with Crippen LogP contribution in [0.15, 0.2) is 15.4 Å². The fourth-order valence-electron chi connectivity index (χ4n) is 2.71. The standard InChI is InChI=1S/C15H26N2O3S/c1-3-16-12-14-11-15(13(2)20-14)21(18,19)17-9-7-5-4-6-8-10-17/h11,16H,3-10,12H2,1-2H3. The van der Waals surface area contributed by atoms with Gasteiger partial charge in [0.1, 0.15) is 16.4 Å². The number of furan rings is 1. The molecule has 1 aliphatic heterocycles. The van der Waals surface area contributed by atoms with Gasteiger partial charge >= 0.3 is 0 Å². The second kappa shape index (κ2) is 7.42. The van der Waals surface area contributed by atoms with Gasteiger partial charge in [0.05, 0.1) is 6.54 Å². The van der Waals surface area contributed by atoms with E-state index in [1.165, 1.54) is 6.42 Å². The van der Waals surface area contributed by atoms with E-state index in [0.717, 1.165) is 32.2 Å². The fourth-order valence-corrected chi connectivity index (χ4v) is 4.42. The normalized spacial score (nSPS) is 18.4. The van der Waals surface area contributed by atoms with Crippen LogP contribution in [0.4, 0.5) is 0 Å². The smallest absolute Gasteiger partial charge is 0.246 e. The lowest BCUT2D eigenvalue weighted by Gasteiger charge is -2.23. The first-order chi connectivity index (χ1) is 10.1. The first-order valence-corrected chi connectivity index (χ1v) is 9.30. The number of rotatable bonds is 5. The molecule has 1 aromatic heterocycles. The van der Waals surface area contributed by atoms with Gasteiger partial charge in [0, 0.05) is 19.2 Å². The van der Waals surface area contributed by atoms with E-state index in [1.54, 1.807) is 17.3 Å². The molecule has 1 saturated heterocycles. The van der Waals surface area contributed by atoms with E-state index in [-0.39, 0.29) is 0 Å². The van der Waals surface area contributed by atoms with E-state index in [1.807, 2.05) is 6.92 Å². The molecule has 0 atom stereocenters. The van der Waals surface area contributed by atoms with Crippen molar-refractivity contribution in [2.45, 2.75) is 57.4 Å². The van der Waals surface area contributed by atoms with Crippen LogP contribution >= 0.6 is 0 Å². The minimum atomic E-state index is -3.42. The molecular weight excluding hydrogens is 288 g/mol. The maximum Gasteiger partial charge on any atom is 0.246 e. The number of aryl methyl sites for hydroxylation is 1. The summed E-state index contributed by atoms with van der Waals surface area (Å²) in [6.07, 6.45) is 5.33. The monoisotopic (exact) mass is 314 g/mol. The maximum atomic E-state index is 12.8. The highest BCUT2D eigenvalue weighted by atomic mass is 32.2. The zero-order chi connectivity index (χ0) is 15.3. The van der Waals surface area contributed by atoms with Crippen LogP contribution < -0.4 is 5.32 Å². The third kappa shape index (κ3) is 4.08. The Kier molecular flexibility index (Phi) is 5.84. The van der Waals surface area contributed by atoms with Gasteiger partial charge in [0.2, 0.25) is 10.0 Å². The minimum absolute atomic E-state index is 0.330. The first kappa shape index (κ1) is 16.5. The molecule has 0 amide bonds. The van der Waals surface area contributed by atoms with Gasteiger partial charge in [0.15, 0.2) is 0 Å².